The summed E-state index contributed by atoms with van der Waals surface area (Å²) >= 11 is 0. The molecule has 2 aliphatic rings. The van der Waals surface area contributed by atoms with E-state index in [4.69, 9.17) is 9.47 Å². The highest BCUT2D eigenvalue weighted by Crippen LogP contribution is 2.43. The lowest BCUT2D eigenvalue weighted by Crippen LogP contribution is -2.31. The van der Waals surface area contributed by atoms with Gasteiger partial charge in [0.25, 0.3) is 0 Å². The normalized spacial score (nSPS) is 34.1. The maximum Gasteiger partial charge on any atom is 0.220 e. The Bertz CT molecular complexity index is 383. The van der Waals surface area contributed by atoms with E-state index in [1.165, 1.54) is 0 Å². The van der Waals surface area contributed by atoms with Crippen LogP contribution >= 0.6 is 0 Å². The molecule has 66 valence electrons. The third kappa shape index (κ3) is 0.864. The Balaban J connectivity index is 2.24. The number of ether oxygens (including phenoxy) is 2. The van der Waals surface area contributed by atoms with Crippen LogP contribution in [0.25, 0.3) is 0 Å². The van der Waals surface area contributed by atoms with Crippen molar-refractivity contribution in [2.24, 2.45) is 0 Å². The second-order valence-corrected chi connectivity index (χ2v) is 3.57. The molecule has 2 nitrogen and oxygen atoms in total. The van der Waals surface area contributed by atoms with Crippen LogP contribution in [0, 0.1) is 0 Å². The molecule has 0 aromatic heterocycles. The molecule has 0 amide bonds. The van der Waals surface area contributed by atoms with Crippen molar-refractivity contribution >= 4 is 0 Å². The van der Waals surface area contributed by atoms with E-state index in [9.17, 15) is 0 Å². The van der Waals surface area contributed by atoms with Gasteiger partial charge in [-0.3, -0.25) is 0 Å². The van der Waals surface area contributed by atoms with Crippen molar-refractivity contribution in [2.45, 2.75) is 18.8 Å². The van der Waals surface area contributed by atoms with Gasteiger partial charge in [-0.2, -0.15) is 0 Å². The molecule has 3 rings (SSSR count). The molecule has 0 spiro atoms. The van der Waals surface area contributed by atoms with Crippen LogP contribution in [0.3, 0.4) is 0 Å². The van der Waals surface area contributed by atoms with Gasteiger partial charge in [0.05, 0.1) is 0 Å². The largest absolute Gasteiger partial charge is 0.461 e. The zero-order valence-electron chi connectivity index (χ0n) is 7.36. The van der Waals surface area contributed by atoms with Gasteiger partial charge in [0.15, 0.2) is 0 Å². The van der Waals surface area contributed by atoms with E-state index in [-0.39, 0.29) is 11.9 Å². The lowest BCUT2D eigenvalue weighted by Gasteiger charge is -2.32. The summed E-state index contributed by atoms with van der Waals surface area (Å²) in [5.74, 6) is 0.936. The summed E-state index contributed by atoms with van der Waals surface area (Å²) in [7, 11) is 0. The molecule has 0 aliphatic carbocycles. The van der Waals surface area contributed by atoms with Gasteiger partial charge < -0.3 is 9.47 Å². The monoisotopic (exact) mass is 174 g/mol. The van der Waals surface area contributed by atoms with Gasteiger partial charge in [0, 0.05) is 5.56 Å². The summed E-state index contributed by atoms with van der Waals surface area (Å²) in [6.45, 7) is 2.06. The van der Waals surface area contributed by atoms with Gasteiger partial charge in [-0.05, 0) is 25.1 Å². The van der Waals surface area contributed by atoms with Crippen molar-refractivity contribution in [2.75, 3.05) is 0 Å². The Hall–Kier alpha value is -1.28. The van der Waals surface area contributed by atoms with E-state index in [0.29, 0.717) is 0 Å². The Kier molecular flexibility index (Phi) is 1.18. The van der Waals surface area contributed by atoms with Gasteiger partial charge in [-0.15, -0.1) is 0 Å². The zero-order chi connectivity index (χ0) is 8.89. The molecule has 2 aliphatic heterocycles. The van der Waals surface area contributed by atoms with Gasteiger partial charge in [-0.25, -0.2) is 0 Å². The molecule has 0 fully saturated rings. The second-order valence-electron chi connectivity index (χ2n) is 3.57. The van der Waals surface area contributed by atoms with Crippen molar-refractivity contribution in [3.63, 3.8) is 0 Å². The Morgan fingerprint density at radius 3 is 3.08 bits per heavy atom. The Morgan fingerprint density at radius 2 is 2.15 bits per heavy atom. The number of para-hydroxylation sites is 1. The Morgan fingerprint density at radius 1 is 1.31 bits per heavy atom. The second kappa shape index (κ2) is 2.15. The molecule has 1 aromatic rings. The molecule has 2 heterocycles. The molecule has 2 bridgehead atoms. The van der Waals surface area contributed by atoms with E-state index >= 15 is 0 Å². The highest BCUT2D eigenvalue weighted by molar-refractivity contribution is 5.44. The van der Waals surface area contributed by atoms with E-state index in [1.807, 2.05) is 30.3 Å². The highest BCUT2D eigenvalue weighted by atomic mass is 16.7. The van der Waals surface area contributed by atoms with Crippen LogP contribution in [0.5, 0.6) is 5.75 Å². The summed E-state index contributed by atoms with van der Waals surface area (Å²) in [6, 6.07) is 8.01. The average molecular weight is 174 g/mol. The van der Waals surface area contributed by atoms with Gasteiger partial charge in [0.2, 0.25) is 6.29 Å². The fourth-order valence-corrected chi connectivity index (χ4v) is 1.90. The van der Waals surface area contributed by atoms with E-state index in [0.717, 1.165) is 11.3 Å². The maximum atomic E-state index is 5.68. The number of benzene rings is 1. The van der Waals surface area contributed by atoms with Crippen molar-refractivity contribution < 1.29 is 9.47 Å². The molecule has 13 heavy (non-hydrogen) atoms. The average Bonchev–Trinajstić information content (AvgIpc) is 2.44. The molecule has 0 unspecified atom stereocenters. The maximum absolute atomic E-state index is 5.68. The molecule has 0 saturated carbocycles. The third-order valence-electron chi connectivity index (χ3n) is 2.60. The SMILES string of the molecule is C[C@]12C=C[C@H](Oc3ccccc31)O2. The summed E-state index contributed by atoms with van der Waals surface area (Å²) in [6.07, 6.45) is 3.82. The van der Waals surface area contributed by atoms with Crippen LogP contribution in [-0.2, 0) is 10.3 Å². The third-order valence-corrected chi connectivity index (χ3v) is 2.60. The minimum absolute atomic E-state index is 0.195. The lowest BCUT2D eigenvalue weighted by atomic mass is 9.95. The van der Waals surface area contributed by atoms with Crippen LogP contribution < -0.4 is 4.74 Å². The predicted molar refractivity (Wildman–Crippen MR) is 48.4 cm³/mol. The minimum Gasteiger partial charge on any atom is -0.461 e. The summed E-state index contributed by atoms with van der Waals surface area (Å²) in [5, 5.41) is 0. The number of rotatable bonds is 0. The van der Waals surface area contributed by atoms with Crippen molar-refractivity contribution in [3.8, 4) is 5.75 Å². The van der Waals surface area contributed by atoms with Crippen molar-refractivity contribution in [3.05, 3.63) is 42.0 Å². The molecular weight excluding hydrogens is 164 g/mol. The van der Waals surface area contributed by atoms with E-state index in [2.05, 4.69) is 13.0 Å². The van der Waals surface area contributed by atoms with Crippen molar-refractivity contribution in [1.29, 1.82) is 0 Å². The minimum atomic E-state index is -0.278. The summed E-state index contributed by atoms with van der Waals surface area (Å²) < 4.78 is 11.3. The highest BCUT2D eigenvalue weighted by Gasteiger charge is 2.40. The van der Waals surface area contributed by atoms with Gasteiger partial charge in [0.1, 0.15) is 11.4 Å². The fraction of sp³-hybridized carbons (Fsp3) is 0.273. The first-order chi connectivity index (χ1) is 6.28. The van der Waals surface area contributed by atoms with Gasteiger partial charge in [-0.1, -0.05) is 18.2 Å². The number of hydrogen-bond acceptors (Lipinski definition) is 2. The Labute approximate surface area is 76.8 Å². The van der Waals surface area contributed by atoms with Crippen LogP contribution in [0.15, 0.2) is 36.4 Å². The molecule has 2 heteroatoms. The summed E-state index contributed by atoms with van der Waals surface area (Å²) in [4.78, 5) is 0. The first kappa shape index (κ1) is 7.15. The smallest absolute Gasteiger partial charge is 0.220 e. The van der Waals surface area contributed by atoms with Crippen molar-refractivity contribution in [1.82, 2.24) is 0 Å². The van der Waals surface area contributed by atoms with Crippen LogP contribution in [-0.4, -0.2) is 6.29 Å². The number of hydrogen-bond donors (Lipinski definition) is 0. The molecule has 0 radical (unpaired) electrons. The first-order valence-electron chi connectivity index (χ1n) is 4.41. The standard InChI is InChI=1S/C11H10O2/c1-11-7-6-10(13-11)12-9-5-3-2-4-8(9)11/h2-7,10H,1H3/t10-,11+/m1/s1. The zero-order valence-corrected chi connectivity index (χ0v) is 7.36. The topological polar surface area (TPSA) is 18.5 Å². The van der Waals surface area contributed by atoms with Gasteiger partial charge >= 0.3 is 0 Å². The van der Waals surface area contributed by atoms with Crippen LogP contribution in [0.2, 0.25) is 0 Å². The van der Waals surface area contributed by atoms with Crippen LogP contribution in [0.1, 0.15) is 12.5 Å². The molecular formula is C11H10O2. The summed E-state index contributed by atoms with van der Waals surface area (Å²) in [5.41, 5.74) is 0.833. The number of fused-ring (bicyclic) bond motifs is 4. The molecule has 2 atom stereocenters. The van der Waals surface area contributed by atoms with E-state index in [1.54, 1.807) is 0 Å². The molecule has 0 saturated heterocycles. The molecule has 0 N–H and O–H groups in total. The van der Waals surface area contributed by atoms with E-state index < -0.39 is 0 Å². The lowest BCUT2D eigenvalue weighted by molar-refractivity contribution is -0.125. The van der Waals surface area contributed by atoms with Crippen LogP contribution in [0.4, 0.5) is 0 Å². The predicted octanol–water partition coefficient (Wildman–Crippen LogP) is 2.21. The first-order valence-corrected chi connectivity index (χ1v) is 4.41. The fourth-order valence-electron chi connectivity index (χ4n) is 1.90. The molecule has 1 aromatic carbocycles. The quantitative estimate of drug-likeness (QED) is 0.561.